The molecule has 1 aromatic carbocycles. The number of pyridine rings is 1. The van der Waals surface area contributed by atoms with Crippen molar-refractivity contribution < 1.29 is 5.11 Å². The largest absolute Gasteiger partial charge is 0.506 e. The van der Waals surface area contributed by atoms with Crippen LogP contribution in [0.2, 0.25) is 0 Å². The van der Waals surface area contributed by atoms with E-state index < -0.39 is 0 Å². The van der Waals surface area contributed by atoms with E-state index in [2.05, 4.69) is 23.7 Å². The molecular formula is C20H25N3O2. The van der Waals surface area contributed by atoms with E-state index in [1.54, 1.807) is 7.05 Å². The van der Waals surface area contributed by atoms with Gasteiger partial charge in [0.25, 0.3) is 5.56 Å². The number of hydrogen-bond acceptors (Lipinski definition) is 4. The molecule has 0 spiro atoms. The topological polar surface area (TPSA) is 66.6 Å². The van der Waals surface area contributed by atoms with Gasteiger partial charge in [-0.15, -0.1) is 0 Å². The summed E-state index contributed by atoms with van der Waals surface area (Å²) in [6, 6.07) is 7.65. The lowest BCUT2D eigenvalue weighted by Crippen LogP contribution is -2.24. The maximum Gasteiger partial charge on any atom is 0.263 e. The Bertz CT molecular complexity index is 832. The fraction of sp³-hybridized carbons (Fsp3) is 0.200. The highest BCUT2D eigenvalue weighted by Gasteiger charge is 2.15. The van der Waals surface area contributed by atoms with Crippen molar-refractivity contribution in [3.8, 4) is 5.75 Å². The molecule has 0 aliphatic carbocycles. The van der Waals surface area contributed by atoms with E-state index in [0.29, 0.717) is 11.3 Å². The van der Waals surface area contributed by atoms with Gasteiger partial charge in [0.1, 0.15) is 11.3 Å². The second-order valence-corrected chi connectivity index (χ2v) is 5.07. The Morgan fingerprint density at radius 2 is 1.72 bits per heavy atom. The van der Waals surface area contributed by atoms with Crippen LogP contribution in [-0.2, 0) is 7.05 Å². The lowest BCUT2D eigenvalue weighted by molar-refractivity contribution is 0.469. The third kappa shape index (κ3) is 4.47. The van der Waals surface area contributed by atoms with E-state index in [-0.39, 0.29) is 16.9 Å². The van der Waals surface area contributed by atoms with E-state index in [4.69, 9.17) is 0 Å². The predicted octanol–water partition coefficient (Wildman–Crippen LogP) is 4.16. The molecule has 0 fully saturated rings. The van der Waals surface area contributed by atoms with Gasteiger partial charge in [-0.05, 0) is 25.1 Å². The standard InChI is InChI=1S/C18H19N3O2.C2H6/c1-5-14-16(6-2)21(4)18(23)15(17(14)22)11-19-20-13-9-7-12(3)8-10-13;1-2/h5-11,20,22H,1-2H2,3-4H3;1-2H3/b19-11+;. The highest BCUT2D eigenvalue weighted by molar-refractivity contribution is 5.86. The lowest BCUT2D eigenvalue weighted by Gasteiger charge is -2.12. The number of aryl methyl sites for hydroxylation is 1. The number of aromatic nitrogens is 1. The summed E-state index contributed by atoms with van der Waals surface area (Å²) in [5, 5.41) is 14.3. The molecule has 5 heteroatoms. The number of rotatable bonds is 5. The fourth-order valence-electron chi connectivity index (χ4n) is 2.20. The second-order valence-electron chi connectivity index (χ2n) is 5.07. The van der Waals surface area contributed by atoms with Gasteiger partial charge in [-0.25, -0.2) is 0 Å². The van der Waals surface area contributed by atoms with E-state index in [1.165, 1.54) is 22.9 Å². The Balaban J connectivity index is 0.00000151. The van der Waals surface area contributed by atoms with Gasteiger partial charge < -0.3 is 9.67 Å². The zero-order valence-corrected chi connectivity index (χ0v) is 15.2. The number of aromatic hydroxyl groups is 1. The summed E-state index contributed by atoms with van der Waals surface area (Å²) in [5.41, 5.74) is 5.43. The summed E-state index contributed by atoms with van der Waals surface area (Å²) in [7, 11) is 1.61. The highest BCUT2D eigenvalue weighted by atomic mass is 16.3. The maximum atomic E-state index is 12.3. The molecule has 0 radical (unpaired) electrons. The number of benzene rings is 1. The number of hydrogen-bond donors (Lipinski definition) is 2. The number of hydrazone groups is 1. The van der Waals surface area contributed by atoms with Crippen LogP contribution in [0.4, 0.5) is 5.69 Å². The molecule has 2 N–H and O–H groups in total. The first-order valence-electron chi connectivity index (χ1n) is 8.06. The Morgan fingerprint density at radius 3 is 2.24 bits per heavy atom. The smallest absolute Gasteiger partial charge is 0.263 e. The number of nitrogens with one attached hydrogen (secondary N) is 1. The molecule has 2 rings (SSSR count). The molecule has 0 saturated carbocycles. The van der Waals surface area contributed by atoms with Gasteiger partial charge in [0.2, 0.25) is 0 Å². The molecule has 0 bridgehead atoms. The molecule has 0 aliphatic rings. The van der Waals surface area contributed by atoms with Crippen molar-refractivity contribution in [2.75, 3.05) is 5.43 Å². The third-order valence-corrected chi connectivity index (χ3v) is 3.52. The van der Waals surface area contributed by atoms with Crippen LogP contribution in [0.1, 0.15) is 36.2 Å². The lowest BCUT2D eigenvalue weighted by atomic mass is 10.1. The minimum atomic E-state index is -0.363. The molecule has 0 saturated heterocycles. The minimum absolute atomic E-state index is 0.0904. The maximum absolute atomic E-state index is 12.3. The van der Waals surface area contributed by atoms with Gasteiger partial charge in [0.15, 0.2) is 0 Å². The van der Waals surface area contributed by atoms with Crippen LogP contribution in [0.15, 0.2) is 47.3 Å². The first-order valence-corrected chi connectivity index (χ1v) is 8.06. The van der Waals surface area contributed by atoms with Crippen molar-refractivity contribution in [2.45, 2.75) is 20.8 Å². The molecule has 1 aromatic heterocycles. The average molecular weight is 339 g/mol. The molecule has 132 valence electrons. The Morgan fingerprint density at radius 1 is 1.12 bits per heavy atom. The summed E-state index contributed by atoms with van der Waals surface area (Å²) in [4.78, 5) is 12.3. The van der Waals surface area contributed by atoms with Crippen molar-refractivity contribution in [2.24, 2.45) is 12.1 Å². The first kappa shape index (κ1) is 20.0. The van der Waals surface area contributed by atoms with Gasteiger partial charge in [0.05, 0.1) is 17.6 Å². The monoisotopic (exact) mass is 339 g/mol. The molecule has 0 atom stereocenters. The van der Waals surface area contributed by atoms with E-state index in [0.717, 1.165) is 11.3 Å². The zero-order valence-electron chi connectivity index (χ0n) is 15.2. The quantitative estimate of drug-likeness (QED) is 0.635. The fourth-order valence-corrected chi connectivity index (χ4v) is 2.20. The van der Waals surface area contributed by atoms with E-state index >= 15 is 0 Å². The zero-order chi connectivity index (χ0) is 19.0. The Hall–Kier alpha value is -3.08. The highest BCUT2D eigenvalue weighted by Crippen LogP contribution is 2.24. The van der Waals surface area contributed by atoms with Gasteiger partial charge in [-0.2, -0.15) is 5.10 Å². The van der Waals surface area contributed by atoms with Gasteiger partial charge >= 0.3 is 0 Å². The van der Waals surface area contributed by atoms with Crippen LogP contribution in [0.5, 0.6) is 5.75 Å². The van der Waals surface area contributed by atoms with Gasteiger partial charge in [0, 0.05) is 12.6 Å². The summed E-state index contributed by atoms with van der Waals surface area (Å²) in [6.45, 7) is 13.3. The van der Waals surface area contributed by atoms with Crippen LogP contribution in [0.3, 0.4) is 0 Å². The van der Waals surface area contributed by atoms with Crippen molar-refractivity contribution in [1.29, 1.82) is 0 Å². The van der Waals surface area contributed by atoms with Crippen molar-refractivity contribution in [1.82, 2.24) is 4.57 Å². The second kappa shape index (κ2) is 9.27. The SMILES string of the molecule is C=Cc1c(O)c(/C=N/Nc2ccc(C)cc2)c(=O)n(C)c1C=C.CC. The van der Waals surface area contributed by atoms with E-state index in [1.807, 2.05) is 45.0 Å². The van der Waals surface area contributed by atoms with Gasteiger partial charge in [-0.3, -0.25) is 10.2 Å². The summed E-state index contributed by atoms with van der Waals surface area (Å²) >= 11 is 0. The average Bonchev–Trinajstić information content (AvgIpc) is 2.64. The van der Waals surface area contributed by atoms with Crippen molar-refractivity contribution in [3.05, 3.63) is 70.2 Å². The molecule has 0 aliphatic heterocycles. The molecular weight excluding hydrogens is 314 g/mol. The van der Waals surface area contributed by atoms with Gasteiger partial charge in [-0.1, -0.05) is 50.8 Å². The molecule has 2 aromatic rings. The van der Waals surface area contributed by atoms with Crippen LogP contribution < -0.4 is 11.0 Å². The first-order chi connectivity index (χ1) is 12.0. The van der Waals surface area contributed by atoms with Crippen molar-refractivity contribution in [3.63, 3.8) is 0 Å². The molecule has 1 heterocycles. The number of nitrogens with zero attached hydrogens (tertiary/aromatic N) is 2. The van der Waals surface area contributed by atoms with Crippen LogP contribution in [0, 0.1) is 6.92 Å². The normalized spacial score (nSPS) is 10.1. The number of anilines is 1. The Kier molecular flexibility index (Phi) is 7.41. The summed E-state index contributed by atoms with van der Waals surface area (Å²) in [5.74, 6) is -0.160. The summed E-state index contributed by atoms with van der Waals surface area (Å²) in [6.07, 6.45) is 4.29. The molecule has 0 unspecified atom stereocenters. The third-order valence-electron chi connectivity index (χ3n) is 3.52. The predicted molar refractivity (Wildman–Crippen MR) is 107 cm³/mol. The van der Waals surface area contributed by atoms with Crippen LogP contribution in [0.25, 0.3) is 12.2 Å². The van der Waals surface area contributed by atoms with Crippen molar-refractivity contribution >= 4 is 24.1 Å². The molecule has 5 nitrogen and oxygen atoms in total. The molecule has 0 amide bonds. The summed E-state index contributed by atoms with van der Waals surface area (Å²) < 4.78 is 1.40. The minimum Gasteiger partial charge on any atom is -0.506 e. The Labute approximate surface area is 148 Å². The molecule has 25 heavy (non-hydrogen) atoms. The van der Waals surface area contributed by atoms with Crippen LogP contribution in [-0.4, -0.2) is 15.9 Å². The van der Waals surface area contributed by atoms with Crippen LogP contribution >= 0.6 is 0 Å². The van der Waals surface area contributed by atoms with E-state index in [9.17, 15) is 9.90 Å².